The normalized spacial score (nSPS) is 12.6. The highest BCUT2D eigenvalue weighted by Gasteiger charge is 2.18. The Morgan fingerprint density at radius 1 is 1.13 bits per heavy atom. The van der Waals surface area contributed by atoms with E-state index >= 15 is 0 Å². The molecule has 4 aromatic rings. The average Bonchev–Trinajstić information content (AvgIpc) is 3.49. The van der Waals surface area contributed by atoms with Crippen molar-refractivity contribution in [2.75, 3.05) is 24.7 Å². The first kappa shape index (κ1) is 29.2. The molecule has 0 radical (unpaired) electrons. The molecule has 0 bridgehead atoms. The Balaban J connectivity index is 0.000000299. The molecular weight excluding hydrogens is 560 g/mol. The average molecular weight is 586 g/mol. The first-order chi connectivity index (χ1) is 18.1. The van der Waals surface area contributed by atoms with Crippen molar-refractivity contribution in [3.8, 4) is 0 Å². The van der Waals surface area contributed by atoms with Crippen molar-refractivity contribution in [3.05, 3.63) is 23.0 Å². The predicted octanol–water partition coefficient (Wildman–Crippen LogP) is 1.53. The van der Waals surface area contributed by atoms with Crippen molar-refractivity contribution < 1.29 is 19.1 Å². The maximum atomic E-state index is 11.7. The summed E-state index contributed by atoms with van der Waals surface area (Å²) in [6.45, 7) is 3.80. The molecule has 0 saturated carbocycles. The topological polar surface area (TPSA) is 215 Å². The fourth-order valence-electron chi connectivity index (χ4n) is 3.13. The van der Waals surface area contributed by atoms with E-state index in [0.717, 1.165) is 0 Å². The number of nitrogen functional groups attached to an aromatic ring is 2. The zero-order valence-electron chi connectivity index (χ0n) is 20.4. The number of carbonyl (C=O) groups is 2. The SMILES string of the molecule is CC(=O)OC[C@H](CCOC(=O)[C@H](C)NP)Cn1cnc2c(Cl)nc(N)nc21.Nc1nc(Cl)c2[nH]cnc2n1. The second-order valence-electron chi connectivity index (χ2n) is 7.93. The van der Waals surface area contributed by atoms with Gasteiger partial charge in [0.25, 0.3) is 0 Å². The molecule has 4 rings (SSSR count). The van der Waals surface area contributed by atoms with Crippen LogP contribution in [-0.4, -0.2) is 70.6 Å². The number of anilines is 2. The fourth-order valence-corrected chi connectivity index (χ4v) is 3.71. The number of carbonyl (C=O) groups excluding carboxylic acids is 2. The molecule has 15 nitrogen and oxygen atoms in total. The van der Waals surface area contributed by atoms with E-state index < -0.39 is 6.04 Å². The number of aromatic nitrogens is 8. The molecule has 38 heavy (non-hydrogen) atoms. The minimum atomic E-state index is -0.429. The van der Waals surface area contributed by atoms with Gasteiger partial charge in [0.2, 0.25) is 11.9 Å². The molecule has 6 N–H and O–H groups in total. The summed E-state index contributed by atoms with van der Waals surface area (Å²) in [4.78, 5) is 49.4. The number of aromatic amines is 1. The molecule has 204 valence electrons. The lowest BCUT2D eigenvalue weighted by molar-refractivity contribution is -0.147. The summed E-state index contributed by atoms with van der Waals surface area (Å²) in [5.74, 6) is -0.707. The molecule has 0 saturated heterocycles. The van der Waals surface area contributed by atoms with E-state index in [1.165, 1.54) is 13.3 Å². The van der Waals surface area contributed by atoms with Crippen molar-refractivity contribution in [1.29, 1.82) is 0 Å². The van der Waals surface area contributed by atoms with Gasteiger partial charge in [-0.2, -0.15) is 19.9 Å². The maximum absolute atomic E-state index is 11.7. The first-order valence-electron chi connectivity index (χ1n) is 11.1. The number of fused-ring (bicyclic) bond motifs is 2. The number of imidazole rings is 2. The Bertz CT molecular complexity index is 1420. The van der Waals surface area contributed by atoms with Crippen molar-refractivity contribution in [2.45, 2.75) is 32.9 Å². The van der Waals surface area contributed by atoms with Crippen LogP contribution in [0, 0.1) is 5.92 Å². The van der Waals surface area contributed by atoms with Crippen LogP contribution >= 0.6 is 32.6 Å². The molecule has 4 heterocycles. The molecule has 4 aromatic heterocycles. The summed E-state index contributed by atoms with van der Waals surface area (Å²) in [5, 5.41) is 3.20. The van der Waals surface area contributed by atoms with Gasteiger partial charge in [-0.25, -0.2) is 9.97 Å². The Morgan fingerprint density at radius 3 is 2.55 bits per heavy atom. The van der Waals surface area contributed by atoms with Gasteiger partial charge in [0, 0.05) is 19.4 Å². The quantitative estimate of drug-likeness (QED) is 0.125. The highest BCUT2D eigenvalue weighted by Crippen LogP contribution is 2.21. The zero-order chi connectivity index (χ0) is 27.8. The van der Waals surface area contributed by atoms with Gasteiger partial charge in [-0.3, -0.25) is 14.7 Å². The van der Waals surface area contributed by atoms with Gasteiger partial charge in [-0.05, 0) is 13.3 Å². The second-order valence-corrected chi connectivity index (χ2v) is 8.98. The summed E-state index contributed by atoms with van der Waals surface area (Å²) in [6, 6.07) is -0.429. The van der Waals surface area contributed by atoms with Gasteiger partial charge in [0.15, 0.2) is 21.6 Å². The van der Waals surface area contributed by atoms with E-state index in [1.807, 2.05) is 0 Å². The van der Waals surface area contributed by atoms with Gasteiger partial charge in [-0.15, -0.1) is 0 Å². The predicted molar refractivity (Wildman–Crippen MR) is 144 cm³/mol. The van der Waals surface area contributed by atoms with Gasteiger partial charge in [0.1, 0.15) is 17.1 Å². The zero-order valence-corrected chi connectivity index (χ0v) is 23.1. The number of rotatable bonds is 9. The molecule has 18 heteroatoms. The molecule has 0 aliphatic heterocycles. The van der Waals surface area contributed by atoms with E-state index in [-0.39, 0.29) is 48.1 Å². The van der Waals surface area contributed by atoms with Crippen LogP contribution < -0.4 is 16.6 Å². The summed E-state index contributed by atoms with van der Waals surface area (Å²) >= 11 is 11.7. The van der Waals surface area contributed by atoms with Crippen molar-refractivity contribution in [1.82, 2.24) is 44.5 Å². The van der Waals surface area contributed by atoms with Gasteiger partial charge in [0.05, 0.1) is 25.9 Å². The highest BCUT2D eigenvalue weighted by atomic mass is 35.5. The Morgan fingerprint density at radius 2 is 1.84 bits per heavy atom. The smallest absolute Gasteiger partial charge is 0.323 e. The third-order valence-electron chi connectivity index (χ3n) is 5.05. The molecule has 0 fully saturated rings. The third kappa shape index (κ3) is 7.81. The largest absolute Gasteiger partial charge is 0.466 e. The Hall–Kier alpha value is -3.39. The van der Waals surface area contributed by atoms with Crippen molar-refractivity contribution in [3.63, 3.8) is 0 Å². The number of esters is 2. The summed E-state index contributed by atoms with van der Waals surface area (Å²) in [6.07, 6.45) is 3.54. The molecular formula is C20H26Cl2N11O4P. The van der Waals surface area contributed by atoms with E-state index in [1.54, 1.807) is 17.8 Å². The Kier molecular flexibility index (Phi) is 10.3. The van der Waals surface area contributed by atoms with Crippen LogP contribution in [-0.2, 0) is 25.6 Å². The molecule has 0 aromatic carbocycles. The van der Waals surface area contributed by atoms with Crippen LogP contribution in [0.5, 0.6) is 0 Å². The van der Waals surface area contributed by atoms with E-state index in [9.17, 15) is 9.59 Å². The molecule has 0 amide bonds. The summed E-state index contributed by atoms with van der Waals surface area (Å²) in [7, 11) is 2.27. The lowest BCUT2D eigenvalue weighted by Crippen LogP contribution is -2.30. The summed E-state index contributed by atoms with van der Waals surface area (Å²) < 4.78 is 12.1. The van der Waals surface area contributed by atoms with Crippen LogP contribution in [0.1, 0.15) is 20.3 Å². The minimum absolute atomic E-state index is 0.0404. The summed E-state index contributed by atoms with van der Waals surface area (Å²) in [5.41, 5.74) is 13.0. The molecule has 0 aliphatic carbocycles. The molecule has 1 unspecified atom stereocenters. The number of nitrogens with zero attached hydrogens (tertiary/aromatic N) is 7. The van der Waals surface area contributed by atoms with Gasteiger partial charge in [-0.1, -0.05) is 32.6 Å². The van der Waals surface area contributed by atoms with Crippen molar-refractivity contribution >= 4 is 78.8 Å². The minimum Gasteiger partial charge on any atom is -0.466 e. The maximum Gasteiger partial charge on any atom is 0.323 e. The molecule has 3 atom stereocenters. The number of nitrogens with two attached hydrogens (primary N) is 2. The van der Waals surface area contributed by atoms with Crippen molar-refractivity contribution in [2.24, 2.45) is 5.92 Å². The molecule has 0 spiro atoms. The van der Waals surface area contributed by atoms with Crippen LogP contribution in [0.4, 0.5) is 11.9 Å². The number of H-pyrrole nitrogens is 1. The van der Waals surface area contributed by atoms with Crippen LogP contribution in [0.2, 0.25) is 10.3 Å². The van der Waals surface area contributed by atoms with Crippen LogP contribution in [0.25, 0.3) is 22.3 Å². The first-order valence-corrected chi connectivity index (χ1v) is 12.4. The number of halogens is 2. The lowest BCUT2D eigenvalue weighted by Gasteiger charge is -2.18. The highest BCUT2D eigenvalue weighted by molar-refractivity contribution is 7.13. The standard InChI is InChI=1S/C15H22ClN6O4P.C5H4ClN5/c1-8(21-27)14(24)25-4-3-10(6-26-9(2)23)5-22-7-18-11-12(16)19-15(17)20-13(11)22;6-3-2-4(9-1-8-2)11-5(7)10-3/h7-8,10,21H,3-6,27H2,1-2H3,(H2,17,19,20);1H,(H3,7,8,9,10,11)/t8-,10+;/m0./s1. The molecule has 0 aliphatic rings. The second kappa shape index (κ2) is 13.4. The number of nitrogens with one attached hydrogen (secondary N) is 2. The third-order valence-corrected chi connectivity index (χ3v) is 6.09. The fraction of sp³-hybridized carbons (Fsp3) is 0.400. The number of hydrogen-bond donors (Lipinski definition) is 4. The number of ether oxygens (including phenoxy) is 2. The Labute approximate surface area is 228 Å². The van der Waals surface area contributed by atoms with E-state index in [4.69, 9.17) is 44.1 Å². The van der Waals surface area contributed by atoms with Crippen LogP contribution in [0.3, 0.4) is 0 Å². The van der Waals surface area contributed by atoms with E-state index in [0.29, 0.717) is 40.4 Å². The monoisotopic (exact) mass is 585 g/mol. The number of hydrogen-bond acceptors (Lipinski definition) is 13. The van der Waals surface area contributed by atoms with E-state index in [2.05, 4.69) is 49.4 Å². The van der Waals surface area contributed by atoms with Gasteiger partial charge < -0.3 is 30.5 Å². The van der Waals surface area contributed by atoms with Gasteiger partial charge >= 0.3 is 11.9 Å². The lowest BCUT2D eigenvalue weighted by atomic mass is 10.1. The van der Waals surface area contributed by atoms with Crippen LogP contribution in [0.15, 0.2) is 12.7 Å².